The van der Waals surface area contributed by atoms with Gasteiger partial charge in [-0.15, -0.1) is 0 Å². The van der Waals surface area contributed by atoms with E-state index in [1.54, 1.807) is 6.20 Å². The maximum absolute atomic E-state index is 5.94. The van der Waals surface area contributed by atoms with E-state index < -0.39 is 0 Å². The lowest BCUT2D eigenvalue weighted by atomic mass is 10.1. The van der Waals surface area contributed by atoms with E-state index in [1.165, 1.54) is 37.9 Å². The molecule has 2 bridgehead atoms. The molecule has 2 fully saturated rings. The minimum atomic E-state index is 0.518. The van der Waals surface area contributed by atoms with E-state index in [0.29, 0.717) is 12.6 Å². The molecule has 0 unspecified atom stereocenters. The highest BCUT2D eigenvalue weighted by Gasteiger charge is 2.36. The van der Waals surface area contributed by atoms with Gasteiger partial charge in [-0.1, -0.05) is 18.2 Å². The number of likely N-dealkylation sites (N-methyl/N-ethyl adjacent to an activating group) is 1. The highest BCUT2D eigenvalue weighted by atomic mass is 16.5. The van der Waals surface area contributed by atoms with Gasteiger partial charge in [0, 0.05) is 31.4 Å². The predicted octanol–water partition coefficient (Wildman–Crippen LogP) is 3.33. The van der Waals surface area contributed by atoms with Crippen LogP contribution in [-0.4, -0.2) is 47.0 Å². The molecular weight excluding hydrogens is 310 g/mol. The zero-order valence-corrected chi connectivity index (χ0v) is 15.0. The number of pyridine rings is 1. The van der Waals surface area contributed by atoms with E-state index in [-0.39, 0.29) is 0 Å². The van der Waals surface area contributed by atoms with E-state index >= 15 is 0 Å². The number of hydrogen-bond donors (Lipinski definition) is 0. The third-order valence-electron chi connectivity index (χ3n) is 5.51. The van der Waals surface area contributed by atoms with Gasteiger partial charge in [-0.05, 0) is 62.7 Å². The highest BCUT2D eigenvalue weighted by molar-refractivity contribution is 5.29. The monoisotopic (exact) mass is 337 g/mol. The van der Waals surface area contributed by atoms with Crippen LogP contribution in [0.5, 0.6) is 5.75 Å². The molecule has 0 aliphatic carbocycles. The largest absolute Gasteiger partial charge is 0.487 e. The van der Waals surface area contributed by atoms with Crippen LogP contribution in [0, 0.1) is 0 Å². The normalized spacial score (nSPS) is 24.2. The Morgan fingerprint density at radius 2 is 2.00 bits per heavy atom. The minimum Gasteiger partial charge on any atom is -0.487 e. The summed E-state index contributed by atoms with van der Waals surface area (Å²) in [6.07, 6.45) is 5.80. The molecule has 2 aliphatic rings. The zero-order valence-electron chi connectivity index (χ0n) is 15.0. The van der Waals surface area contributed by atoms with Crippen LogP contribution in [-0.2, 0) is 13.2 Å². The summed E-state index contributed by atoms with van der Waals surface area (Å²) in [5.41, 5.74) is 2.31. The Hall–Kier alpha value is -1.91. The summed E-state index contributed by atoms with van der Waals surface area (Å²) in [7, 11) is 2.25. The topological polar surface area (TPSA) is 28.6 Å². The molecule has 2 atom stereocenters. The van der Waals surface area contributed by atoms with Crippen LogP contribution in [0.1, 0.15) is 30.5 Å². The summed E-state index contributed by atoms with van der Waals surface area (Å²) < 4.78 is 5.94. The highest BCUT2D eigenvalue weighted by Crippen LogP contribution is 2.31. The Balaban J connectivity index is 1.41. The van der Waals surface area contributed by atoms with Gasteiger partial charge >= 0.3 is 0 Å². The summed E-state index contributed by atoms with van der Waals surface area (Å²) in [4.78, 5) is 9.53. The molecule has 1 aromatic heterocycles. The second-order valence-corrected chi connectivity index (χ2v) is 7.37. The van der Waals surface area contributed by atoms with Gasteiger partial charge in [-0.2, -0.15) is 0 Å². The third-order valence-corrected chi connectivity index (χ3v) is 5.51. The van der Waals surface area contributed by atoms with E-state index in [9.17, 15) is 0 Å². The summed E-state index contributed by atoms with van der Waals surface area (Å²) in [5, 5.41) is 0. The first kappa shape index (κ1) is 16.6. The van der Waals surface area contributed by atoms with Crippen molar-refractivity contribution in [2.24, 2.45) is 0 Å². The molecule has 4 nitrogen and oxygen atoms in total. The molecule has 2 saturated heterocycles. The molecule has 132 valence electrons. The molecule has 3 heterocycles. The predicted molar refractivity (Wildman–Crippen MR) is 99.5 cm³/mol. The van der Waals surface area contributed by atoms with E-state index in [1.807, 2.05) is 24.3 Å². The lowest BCUT2D eigenvalue weighted by Gasteiger charge is -2.28. The molecule has 0 radical (unpaired) electrons. The average molecular weight is 337 g/mol. The number of nitrogens with zero attached hydrogens (tertiary/aromatic N) is 3. The van der Waals surface area contributed by atoms with Crippen LogP contribution in [0.15, 0.2) is 48.7 Å². The second kappa shape index (κ2) is 7.54. The van der Waals surface area contributed by atoms with Crippen molar-refractivity contribution in [3.05, 3.63) is 59.9 Å². The quantitative estimate of drug-likeness (QED) is 0.837. The fourth-order valence-corrected chi connectivity index (χ4v) is 4.18. The molecule has 0 saturated carbocycles. The van der Waals surface area contributed by atoms with Crippen molar-refractivity contribution in [3.63, 3.8) is 0 Å². The third kappa shape index (κ3) is 4.02. The van der Waals surface area contributed by atoms with Crippen molar-refractivity contribution in [3.8, 4) is 5.75 Å². The first-order valence-corrected chi connectivity index (χ1v) is 9.34. The summed E-state index contributed by atoms with van der Waals surface area (Å²) >= 11 is 0. The Morgan fingerprint density at radius 1 is 1.08 bits per heavy atom. The smallest absolute Gasteiger partial charge is 0.130 e. The Bertz CT molecular complexity index is 691. The average Bonchev–Trinajstić information content (AvgIpc) is 2.92. The van der Waals surface area contributed by atoms with Crippen molar-refractivity contribution in [2.75, 3.05) is 20.1 Å². The number of rotatable bonds is 5. The van der Waals surface area contributed by atoms with Crippen molar-refractivity contribution >= 4 is 0 Å². The maximum Gasteiger partial charge on any atom is 0.130 e. The van der Waals surface area contributed by atoms with Gasteiger partial charge < -0.3 is 9.64 Å². The summed E-state index contributed by atoms with van der Waals surface area (Å²) in [6.45, 7) is 3.98. The first-order chi connectivity index (χ1) is 12.3. The van der Waals surface area contributed by atoms with Gasteiger partial charge in [0.15, 0.2) is 0 Å². The van der Waals surface area contributed by atoms with Crippen LogP contribution in [0.4, 0.5) is 0 Å². The summed E-state index contributed by atoms with van der Waals surface area (Å²) in [6, 6.07) is 15.9. The van der Waals surface area contributed by atoms with Crippen molar-refractivity contribution in [1.82, 2.24) is 14.8 Å². The zero-order chi connectivity index (χ0) is 17.1. The van der Waals surface area contributed by atoms with Gasteiger partial charge in [-0.3, -0.25) is 9.88 Å². The fourth-order valence-electron chi connectivity index (χ4n) is 4.18. The molecule has 4 rings (SSSR count). The van der Waals surface area contributed by atoms with Gasteiger partial charge in [0.25, 0.3) is 0 Å². The molecule has 2 aliphatic heterocycles. The molecule has 0 spiro atoms. The number of benzene rings is 1. The summed E-state index contributed by atoms with van der Waals surface area (Å²) in [5.74, 6) is 0.933. The van der Waals surface area contributed by atoms with E-state index in [4.69, 9.17) is 4.74 Å². The Morgan fingerprint density at radius 3 is 2.88 bits per heavy atom. The molecule has 1 aromatic carbocycles. The van der Waals surface area contributed by atoms with Gasteiger partial charge in [0.2, 0.25) is 0 Å². The Kier molecular flexibility index (Phi) is 4.99. The molecular formula is C21H27N3O. The van der Waals surface area contributed by atoms with Gasteiger partial charge in [0.05, 0.1) is 5.69 Å². The van der Waals surface area contributed by atoms with Crippen LogP contribution in [0.3, 0.4) is 0 Å². The van der Waals surface area contributed by atoms with E-state index in [0.717, 1.165) is 24.0 Å². The lowest BCUT2D eigenvalue weighted by Crippen LogP contribution is -2.37. The van der Waals surface area contributed by atoms with E-state index in [2.05, 4.69) is 40.0 Å². The number of ether oxygens (including phenoxy) is 1. The van der Waals surface area contributed by atoms with Crippen LogP contribution >= 0.6 is 0 Å². The maximum atomic E-state index is 5.94. The molecule has 4 heteroatoms. The lowest BCUT2D eigenvalue weighted by molar-refractivity contribution is 0.183. The van der Waals surface area contributed by atoms with Crippen LogP contribution < -0.4 is 4.74 Å². The first-order valence-electron chi connectivity index (χ1n) is 9.34. The number of hydrogen-bond acceptors (Lipinski definition) is 4. The Labute approximate surface area is 150 Å². The minimum absolute atomic E-state index is 0.518. The van der Waals surface area contributed by atoms with Crippen LogP contribution in [0.2, 0.25) is 0 Å². The van der Waals surface area contributed by atoms with Crippen molar-refractivity contribution < 1.29 is 4.74 Å². The molecule has 0 N–H and O–H groups in total. The molecule has 25 heavy (non-hydrogen) atoms. The van der Waals surface area contributed by atoms with Crippen molar-refractivity contribution in [2.45, 2.75) is 44.5 Å². The van der Waals surface area contributed by atoms with Crippen LogP contribution in [0.25, 0.3) is 0 Å². The number of aromatic nitrogens is 1. The number of likely N-dealkylation sites (tertiary alicyclic amines) is 1. The van der Waals surface area contributed by atoms with Crippen molar-refractivity contribution in [1.29, 1.82) is 0 Å². The number of fused-ring (bicyclic) bond motifs is 2. The second-order valence-electron chi connectivity index (χ2n) is 7.37. The van der Waals surface area contributed by atoms with Gasteiger partial charge in [0.1, 0.15) is 12.4 Å². The SMILES string of the molecule is CN1CC[C@H]2CC[C@@H](C1)N2Cc1cccc(OCc2ccccn2)c1. The van der Waals surface area contributed by atoms with Gasteiger partial charge in [-0.25, -0.2) is 0 Å². The standard InChI is InChI=1S/C21H27N3O/c1-23-12-10-19-8-9-20(15-23)24(19)14-17-5-4-7-21(13-17)25-16-18-6-2-3-11-22-18/h2-7,11,13,19-20H,8-10,12,14-16H2,1H3/t19-,20+/m1/s1. The molecule has 0 amide bonds. The fraction of sp³-hybridized carbons (Fsp3) is 0.476. The molecule has 2 aromatic rings.